The molecule has 1 aromatic carbocycles. The first-order valence-electron chi connectivity index (χ1n) is 4.40. The molecule has 1 aromatic heterocycles. The van der Waals surface area contributed by atoms with Crippen molar-refractivity contribution >= 4 is 5.69 Å². The lowest BCUT2D eigenvalue weighted by molar-refractivity contribution is 0.928. The van der Waals surface area contributed by atoms with Gasteiger partial charge in [-0.2, -0.15) is 0 Å². The molecule has 0 aliphatic rings. The predicted octanol–water partition coefficient (Wildman–Crippen LogP) is 3.24. The summed E-state index contributed by atoms with van der Waals surface area (Å²) in [6, 6.07) is 9.68. The van der Waals surface area contributed by atoms with Crippen molar-refractivity contribution in [3.63, 3.8) is 0 Å². The van der Waals surface area contributed by atoms with Crippen molar-refractivity contribution in [2.45, 2.75) is 0 Å². The van der Waals surface area contributed by atoms with Crippen LogP contribution in [-0.4, -0.2) is 4.57 Å². The van der Waals surface area contributed by atoms with E-state index in [1.54, 1.807) is 0 Å². The molecule has 0 fully saturated rings. The summed E-state index contributed by atoms with van der Waals surface area (Å²) < 4.78 is 1.98. The first-order chi connectivity index (χ1) is 6.81. The Kier molecular flexibility index (Phi) is 2.08. The molecular weight excluding hydrogens is 172 g/mol. The van der Waals surface area contributed by atoms with Crippen molar-refractivity contribution in [1.29, 1.82) is 0 Å². The highest BCUT2D eigenvalue weighted by Crippen LogP contribution is 2.29. The Hall–Kier alpha value is -2.01. The maximum absolute atomic E-state index is 7.06. The highest BCUT2D eigenvalue weighted by Gasteiger charge is 2.03. The molecule has 0 aliphatic heterocycles. The predicted molar refractivity (Wildman–Crippen MR) is 57.1 cm³/mol. The van der Waals surface area contributed by atoms with Crippen LogP contribution in [-0.2, 0) is 7.05 Å². The number of benzene rings is 1. The van der Waals surface area contributed by atoms with Gasteiger partial charge in [0.1, 0.15) is 0 Å². The zero-order chi connectivity index (χ0) is 9.97. The Morgan fingerprint density at radius 2 is 2.00 bits per heavy atom. The van der Waals surface area contributed by atoms with Crippen LogP contribution in [0.5, 0.6) is 0 Å². The first kappa shape index (κ1) is 8.58. The van der Waals surface area contributed by atoms with E-state index in [1.807, 2.05) is 54.3 Å². The smallest absolute Gasteiger partial charge is 0.194 e. The van der Waals surface area contributed by atoms with Gasteiger partial charge in [0, 0.05) is 19.4 Å². The molecule has 2 heteroatoms. The Bertz CT molecular complexity index is 489. The van der Waals surface area contributed by atoms with Crippen molar-refractivity contribution in [1.82, 2.24) is 4.57 Å². The molecule has 14 heavy (non-hydrogen) atoms. The standard InChI is InChI=1S/C12H10N2/c1-13-12-6-4-3-5-11(12)10-7-8-14(2)9-10/h3-9H,2H3. The summed E-state index contributed by atoms with van der Waals surface area (Å²) in [6.45, 7) is 7.06. The molecule has 0 amide bonds. The van der Waals surface area contributed by atoms with Gasteiger partial charge in [0.15, 0.2) is 5.69 Å². The van der Waals surface area contributed by atoms with Crippen LogP contribution < -0.4 is 0 Å². The molecule has 0 N–H and O–H groups in total. The van der Waals surface area contributed by atoms with Gasteiger partial charge in [-0.05, 0) is 17.2 Å². The number of aromatic nitrogens is 1. The average Bonchev–Trinajstić information content (AvgIpc) is 2.65. The van der Waals surface area contributed by atoms with E-state index >= 15 is 0 Å². The van der Waals surface area contributed by atoms with Crippen LogP contribution in [0.1, 0.15) is 0 Å². The minimum absolute atomic E-state index is 0.707. The normalized spacial score (nSPS) is 9.71. The minimum Gasteiger partial charge on any atom is -0.357 e. The number of para-hydroxylation sites is 1. The van der Waals surface area contributed by atoms with Crippen molar-refractivity contribution in [2.75, 3.05) is 0 Å². The van der Waals surface area contributed by atoms with Crippen molar-refractivity contribution < 1.29 is 0 Å². The lowest BCUT2D eigenvalue weighted by Gasteiger charge is -1.99. The van der Waals surface area contributed by atoms with E-state index < -0.39 is 0 Å². The first-order valence-corrected chi connectivity index (χ1v) is 4.40. The van der Waals surface area contributed by atoms with E-state index in [0.29, 0.717) is 5.69 Å². The summed E-state index contributed by atoms with van der Waals surface area (Å²) in [5.74, 6) is 0. The highest BCUT2D eigenvalue weighted by molar-refractivity contribution is 5.77. The second kappa shape index (κ2) is 3.39. The zero-order valence-corrected chi connectivity index (χ0v) is 7.94. The number of hydrogen-bond donors (Lipinski definition) is 0. The van der Waals surface area contributed by atoms with Gasteiger partial charge in [0.05, 0.1) is 6.57 Å². The maximum atomic E-state index is 7.06. The Morgan fingerprint density at radius 1 is 1.21 bits per heavy atom. The van der Waals surface area contributed by atoms with E-state index in [2.05, 4.69) is 4.85 Å². The van der Waals surface area contributed by atoms with E-state index in [-0.39, 0.29) is 0 Å². The molecule has 0 aliphatic carbocycles. The molecule has 0 spiro atoms. The van der Waals surface area contributed by atoms with Crippen LogP contribution >= 0.6 is 0 Å². The topological polar surface area (TPSA) is 9.29 Å². The molecular formula is C12H10N2. The highest BCUT2D eigenvalue weighted by atomic mass is 14.9. The van der Waals surface area contributed by atoms with Gasteiger partial charge in [0.25, 0.3) is 0 Å². The van der Waals surface area contributed by atoms with E-state index in [4.69, 9.17) is 6.57 Å². The summed E-state index contributed by atoms with van der Waals surface area (Å²) in [6.07, 6.45) is 4.00. The SMILES string of the molecule is [C-]#[N+]c1ccccc1-c1ccn(C)c1. The Morgan fingerprint density at radius 3 is 2.64 bits per heavy atom. The van der Waals surface area contributed by atoms with Crippen LogP contribution in [0.15, 0.2) is 42.7 Å². The Balaban J connectivity index is 2.57. The summed E-state index contributed by atoms with van der Waals surface area (Å²) in [5, 5.41) is 0. The fourth-order valence-corrected chi connectivity index (χ4v) is 1.48. The lowest BCUT2D eigenvalue weighted by atomic mass is 10.1. The summed E-state index contributed by atoms with van der Waals surface area (Å²) >= 11 is 0. The van der Waals surface area contributed by atoms with E-state index in [9.17, 15) is 0 Å². The molecule has 0 saturated heterocycles. The molecule has 0 bridgehead atoms. The van der Waals surface area contributed by atoms with Gasteiger partial charge in [-0.15, -0.1) is 0 Å². The van der Waals surface area contributed by atoms with Gasteiger partial charge >= 0.3 is 0 Å². The molecule has 0 unspecified atom stereocenters. The molecule has 0 saturated carbocycles. The Labute approximate surface area is 83.2 Å². The maximum Gasteiger partial charge on any atom is 0.194 e. The monoisotopic (exact) mass is 182 g/mol. The van der Waals surface area contributed by atoms with Gasteiger partial charge in [-0.25, -0.2) is 4.85 Å². The van der Waals surface area contributed by atoms with E-state index in [0.717, 1.165) is 11.1 Å². The summed E-state index contributed by atoms with van der Waals surface area (Å²) in [7, 11) is 1.98. The van der Waals surface area contributed by atoms with Gasteiger partial charge in [-0.1, -0.05) is 24.3 Å². The number of nitrogens with zero attached hydrogens (tertiary/aromatic N) is 2. The third kappa shape index (κ3) is 1.40. The van der Waals surface area contributed by atoms with Gasteiger partial charge < -0.3 is 4.57 Å². The number of aryl methyl sites for hydroxylation is 1. The third-order valence-electron chi connectivity index (χ3n) is 2.17. The fraction of sp³-hybridized carbons (Fsp3) is 0.0833. The largest absolute Gasteiger partial charge is 0.357 e. The molecule has 0 atom stereocenters. The molecule has 2 nitrogen and oxygen atoms in total. The average molecular weight is 182 g/mol. The molecule has 2 rings (SSSR count). The molecule has 68 valence electrons. The second-order valence-electron chi connectivity index (χ2n) is 3.19. The van der Waals surface area contributed by atoms with E-state index in [1.165, 1.54) is 0 Å². The summed E-state index contributed by atoms with van der Waals surface area (Å²) in [4.78, 5) is 3.50. The zero-order valence-electron chi connectivity index (χ0n) is 7.94. The fourth-order valence-electron chi connectivity index (χ4n) is 1.48. The van der Waals surface area contributed by atoms with Crippen LogP contribution in [0, 0.1) is 6.57 Å². The van der Waals surface area contributed by atoms with Gasteiger partial charge in [0.2, 0.25) is 0 Å². The minimum atomic E-state index is 0.707. The van der Waals surface area contributed by atoms with Crippen LogP contribution in [0.25, 0.3) is 16.0 Å². The second-order valence-corrected chi connectivity index (χ2v) is 3.19. The molecule has 0 radical (unpaired) electrons. The van der Waals surface area contributed by atoms with Crippen LogP contribution in [0.4, 0.5) is 5.69 Å². The molecule has 1 heterocycles. The molecule has 2 aromatic rings. The van der Waals surface area contributed by atoms with Crippen molar-refractivity contribution in [3.05, 3.63) is 54.1 Å². The lowest BCUT2D eigenvalue weighted by Crippen LogP contribution is -1.78. The third-order valence-corrected chi connectivity index (χ3v) is 2.17. The van der Waals surface area contributed by atoms with Crippen LogP contribution in [0.3, 0.4) is 0 Å². The quantitative estimate of drug-likeness (QED) is 0.599. The summed E-state index contributed by atoms with van der Waals surface area (Å²) in [5.41, 5.74) is 2.81. The number of rotatable bonds is 1. The number of hydrogen-bond acceptors (Lipinski definition) is 0. The van der Waals surface area contributed by atoms with Gasteiger partial charge in [-0.3, -0.25) is 0 Å². The van der Waals surface area contributed by atoms with Crippen molar-refractivity contribution in [3.8, 4) is 11.1 Å². The van der Waals surface area contributed by atoms with Crippen LogP contribution in [0.2, 0.25) is 0 Å². The van der Waals surface area contributed by atoms with Crippen molar-refractivity contribution in [2.24, 2.45) is 7.05 Å².